The van der Waals surface area contributed by atoms with Crippen molar-refractivity contribution in [1.29, 1.82) is 0 Å². The fraction of sp³-hybridized carbons (Fsp3) is 0.0714. The zero-order chi connectivity index (χ0) is 12.3. The summed E-state index contributed by atoms with van der Waals surface area (Å²) in [7, 11) is 0. The number of nitrogens with two attached hydrogens (primary N) is 1. The fourth-order valence-corrected chi connectivity index (χ4v) is 1.50. The number of aliphatic imine (C=N–C) groups is 1. The number of phenolic OH excluding ortho intramolecular Hbond substituents is 1. The second-order valence-electron chi connectivity index (χ2n) is 3.88. The van der Waals surface area contributed by atoms with Gasteiger partial charge in [0.25, 0.3) is 0 Å². The monoisotopic (exact) mass is 226 g/mol. The zero-order valence-electron chi connectivity index (χ0n) is 9.59. The van der Waals surface area contributed by atoms with Crippen LogP contribution in [0.4, 0.5) is 11.4 Å². The van der Waals surface area contributed by atoms with Crippen molar-refractivity contribution in [1.82, 2.24) is 0 Å². The highest BCUT2D eigenvalue weighted by Crippen LogP contribution is 2.27. The van der Waals surface area contributed by atoms with Crippen LogP contribution in [0.15, 0.2) is 47.5 Å². The van der Waals surface area contributed by atoms with Gasteiger partial charge in [-0.3, -0.25) is 4.99 Å². The number of benzene rings is 2. The Morgan fingerprint density at radius 1 is 1.18 bits per heavy atom. The number of hydrogen-bond donors (Lipinski definition) is 2. The Balaban J connectivity index is 2.32. The lowest BCUT2D eigenvalue weighted by Gasteiger charge is -2.01. The minimum absolute atomic E-state index is 0.168. The molecule has 3 N–H and O–H groups in total. The molecule has 0 aliphatic rings. The highest BCUT2D eigenvalue weighted by molar-refractivity contribution is 5.88. The second kappa shape index (κ2) is 4.70. The van der Waals surface area contributed by atoms with Gasteiger partial charge in [0.15, 0.2) is 0 Å². The molecule has 2 rings (SSSR count). The summed E-state index contributed by atoms with van der Waals surface area (Å²) in [6.07, 6.45) is 1.66. The molecule has 0 aromatic heterocycles. The van der Waals surface area contributed by atoms with E-state index in [0.717, 1.165) is 11.1 Å². The molecule has 0 amide bonds. The van der Waals surface area contributed by atoms with Crippen LogP contribution in [0.2, 0.25) is 0 Å². The molecule has 0 saturated heterocycles. The van der Waals surface area contributed by atoms with Gasteiger partial charge in [0.2, 0.25) is 0 Å². The molecular formula is C14H14N2O. The van der Waals surface area contributed by atoms with Crippen LogP contribution in [0, 0.1) is 6.92 Å². The topological polar surface area (TPSA) is 58.6 Å². The van der Waals surface area contributed by atoms with Gasteiger partial charge in [0, 0.05) is 17.5 Å². The number of aromatic hydroxyl groups is 1. The number of nitrogen functional groups attached to an aromatic ring is 1. The molecule has 0 spiro atoms. The van der Waals surface area contributed by atoms with Crippen LogP contribution in [0.25, 0.3) is 0 Å². The number of para-hydroxylation sites is 1. The van der Waals surface area contributed by atoms with Gasteiger partial charge >= 0.3 is 0 Å². The lowest BCUT2D eigenvalue weighted by atomic mass is 10.2. The van der Waals surface area contributed by atoms with Gasteiger partial charge in [0.1, 0.15) is 11.4 Å². The van der Waals surface area contributed by atoms with Crippen molar-refractivity contribution >= 4 is 17.6 Å². The maximum Gasteiger partial charge on any atom is 0.141 e. The molecule has 0 heterocycles. The molecule has 17 heavy (non-hydrogen) atoms. The SMILES string of the molecule is Cc1ccc(O)c(N=Cc2ccccc2N)c1. The van der Waals surface area contributed by atoms with Gasteiger partial charge in [0.05, 0.1) is 0 Å². The number of rotatable bonds is 2. The standard InChI is InChI=1S/C14H14N2O/c1-10-6-7-14(17)13(8-10)16-9-11-4-2-3-5-12(11)15/h2-9,17H,15H2,1H3. The first-order valence-corrected chi connectivity index (χ1v) is 5.35. The third-order valence-corrected chi connectivity index (χ3v) is 2.47. The van der Waals surface area contributed by atoms with Crippen LogP contribution < -0.4 is 5.73 Å². The molecule has 86 valence electrons. The first-order valence-electron chi connectivity index (χ1n) is 5.35. The molecule has 0 aliphatic heterocycles. The number of phenols is 1. The van der Waals surface area contributed by atoms with E-state index in [-0.39, 0.29) is 5.75 Å². The average molecular weight is 226 g/mol. The van der Waals surface area contributed by atoms with Gasteiger partial charge in [-0.25, -0.2) is 0 Å². The Morgan fingerprint density at radius 2 is 1.94 bits per heavy atom. The molecule has 0 fully saturated rings. The van der Waals surface area contributed by atoms with E-state index in [9.17, 15) is 5.11 Å². The van der Waals surface area contributed by atoms with Gasteiger partial charge in [-0.05, 0) is 30.7 Å². The summed E-state index contributed by atoms with van der Waals surface area (Å²) < 4.78 is 0. The number of anilines is 1. The summed E-state index contributed by atoms with van der Waals surface area (Å²) in [5.74, 6) is 0.168. The zero-order valence-corrected chi connectivity index (χ0v) is 9.59. The predicted octanol–water partition coefficient (Wildman–Crippen LogP) is 3.03. The lowest BCUT2D eigenvalue weighted by Crippen LogP contribution is -1.91. The van der Waals surface area contributed by atoms with Crippen molar-refractivity contribution in [3.05, 3.63) is 53.6 Å². The van der Waals surface area contributed by atoms with Crippen molar-refractivity contribution in [3.8, 4) is 5.75 Å². The smallest absolute Gasteiger partial charge is 0.141 e. The molecule has 2 aromatic carbocycles. The first kappa shape index (κ1) is 11.2. The van der Waals surface area contributed by atoms with Crippen LogP contribution in [0.1, 0.15) is 11.1 Å². The van der Waals surface area contributed by atoms with Gasteiger partial charge < -0.3 is 10.8 Å². The summed E-state index contributed by atoms with van der Waals surface area (Å²) in [5.41, 5.74) is 8.91. The Labute approximate surface area is 100 Å². The van der Waals surface area contributed by atoms with Crippen LogP contribution in [0.5, 0.6) is 5.75 Å². The molecule has 3 heteroatoms. The molecule has 0 aliphatic carbocycles. The Hall–Kier alpha value is -2.29. The first-order chi connectivity index (χ1) is 8.16. The summed E-state index contributed by atoms with van der Waals surface area (Å²) in [5, 5.41) is 9.64. The van der Waals surface area contributed by atoms with E-state index in [1.54, 1.807) is 12.3 Å². The minimum atomic E-state index is 0.168. The molecule has 0 atom stereocenters. The third-order valence-electron chi connectivity index (χ3n) is 2.47. The van der Waals surface area contributed by atoms with Crippen molar-refractivity contribution in [3.63, 3.8) is 0 Å². The predicted molar refractivity (Wildman–Crippen MR) is 71.0 cm³/mol. The summed E-state index contributed by atoms with van der Waals surface area (Å²) in [4.78, 5) is 4.24. The van der Waals surface area contributed by atoms with Crippen molar-refractivity contribution in [2.24, 2.45) is 4.99 Å². The Morgan fingerprint density at radius 3 is 2.71 bits per heavy atom. The average Bonchev–Trinajstić information content (AvgIpc) is 2.32. The summed E-state index contributed by atoms with van der Waals surface area (Å²) >= 11 is 0. The van der Waals surface area contributed by atoms with Crippen LogP contribution in [0.3, 0.4) is 0 Å². The van der Waals surface area contributed by atoms with Crippen molar-refractivity contribution < 1.29 is 5.11 Å². The van der Waals surface area contributed by atoms with E-state index in [4.69, 9.17) is 5.73 Å². The van der Waals surface area contributed by atoms with E-state index in [1.165, 1.54) is 0 Å². The minimum Gasteiger partial charge on any atom is -0.506 e. The van der Waals surface area contributed by atoms with E-state index in [0.29, 0.717) is 11.4 Å². The normalized spacial score (nSPS) is 10.9. The number of hydrogen-bond acceptors (Lipinski definition) is 3. The molecule has 2 aromatic rings. The number of aryl methyl sites for hydroxylation is 1. The van der Waals surface area contributed by atoms with Gasteiger partial charge in [-0.2, -0.15) is 0 Å². The van der Waals surface area contributed by atoms with Crippen molar-refractivity contribution in [2.45, 2.75) is 6.92 Å². The maximum absolute atomic E-state index is 9.64. The second-order valence-corrected chi connectivity index (χ2v) is 3.88. The third kappa shape index (κ3) is 2.64. The molecular weight excluding hydrogens is 212 g/mol. The highest BCUT2D eigenvalue weighted by Gasteiger charge is 1.99. The Bertz CT molecular complexity index is 562. The highest BCUT2D eigenvalue weighted by atomic mass is 16.3. The largest absolute Gasteiger partial charge is 0.506 e. The fourth-order valence-electron chi connectivity index (χ4n) is 1.50. The molecule has 0 unspecified atom stereocenters. The van der Waals surface area contributed by atoms with Crippen molar-refractivity contribution in [2.75, 3.05) is 5.73 Å². The van der Waals surface area contributed by atoms with Crippen LogP contribution >= 0.6 is 0 Å². The van der Waals surface area contributed by atoms with E-state index in [2.05, 4.69) is 4.99 Å². The van der Waals surface area contributed by atoms with Gasteiger partial charge in [-0.15, -0.1) is 0 Å². The molecule has 0 saturated carbocycles. The molecule has 3 nitrogen and oxygen atoms in total. The molecule has 0 radical (unpaired) electrons. The quantitative estimate of drug-likeness (QED) is 0.610. The lowest BCUT2D eigenvalue weighted by molar-refractivity contribution is 0.477. The maximum atomic E-state index is 9.64. The summed E-state index contributed by atoms with van der Waals surface area (Å²) in [6, 6.07) is 12.8. The van der Waals surface area contributed by atoms with E-state index in [1.807, 2.05) is 43.3 Å². The summed E-state index contributed by atoms with van der Waals surface area (Å²) in [6.45, 7) is 1.95. The van der Waals surface area contributed by atoms with Gasteiger partial charge in [-0.1, -0.05) is 24.3 Å². The van der Waals surface area contributed by atoms with E-state index < -0.39 is 0 Å². The number of nitrogens with zero attached hydrogens (tertiary/aromatic N) is 1. The van der Waals surface area contributed by atoms with E-state index >= 15 is 0 Å². The van der Waals surface area contributed by atoms with Crippen LogP contribution in [-0.2, 0) is 0 Å². The van der Waals surface area contributed by atoms with Crippen LogP contribution in [-0.4, -0.2) is 11.3 Å². The Kier molecular flexibility index (Phi) is 3.10. The molecule has 0 bridgehead atoms.